The van der Waals surface area contributed by atoms with Crippen LogP contribution in [0.15, 0.2) is 59.0 Å². The van der Waals surface area contributed by atoms with Crippen LogP contribution in [0.25, 0.3) is 0 Å². The highest BCUT2D eigenvalue weighted by molar-refractivity contribution is 8.00. The van der Waals surface area contributed by atoms with Crippen LogP contribution in [0.5, 0.6) is 0 Å². The molecular formula is C21H16ClF4NO3S. The fourth-order valence-electron chi connectivity index (χ4n) is 2.51. The van der Waals surface area contributed by atoms with Gasteiger partial charge in [-0.05, 0) is 24.6 Å². The maximum Gasteiger partial charge on any atom is 0.412 e. The van der Waals surface area contributed by atoms with Crippen molar-refractivity contribution >= 4 is 47.2 Å². The number of hydrogen-bond acceptors (Lipinski definition) is 4. The zero-order valence-corrected chi connectivity index (χ0v) is 17.8. The number of anilines is 1. The van der Waals surface area contributed by atoms with E-state index in [4.69, 9.17) is 11.6 Å². The third-order valence-corrected chi connectivity index (χ3v) is 5.72. The largest absolute Gasteiger partial charge is 0.412 e. The van der Waals surface area contributed by atoms with Gasteiger partial charge in [0, 0.05) is 23.5 Å². The van der Waals surface area contributed by atoms with Crippen LogP contribution in [0.4, 0.5) is 23.2 Å². The number of benzene rings is 2. The molecule has 31 heavy (non-hydrogen) atoms. The first-order valence-corrected chi connectivity index (χ1v) is 9.97. The standard InChI is InChI=1S/C21H16ClF4NO3S/c1-12(21(24,25)26)8-20(30)27(13(2)29)17-10-18(15(22)9-16(17)23)31-19(11-28)14-6-4-3-5-7-14/h3-11,19H,1-2H3/b12-8+. The van der Waals surface area contributed by atoms with Crippen molar-refractivity contribution in [2.45, 2.75) is 30.2 Å². The third kappa shape index (κ3) is 6.18. The van der Waals surface area contributed by atoms with Crippen LogP contribution in [0.3, 0.4) is 0 Å². The summed E-state index contributed by atoms with van der Waals surface area (Å²) in [4.78, 5) is 36.4. The van der Waals surface area contributed by atoms with Gasteiger partial charge in [-0.2, -0.15) is 13.2 Å². The van der Waals surface area contributed by atoms with Crippen molar-refractivity contribution in [3.05, 3.63) is 70.5 Å². The monoisotopic (exact) mass is 473 g/mol. The SMILES string of the molecule is CC(=O)N(C(=O)/C=C(\C)C(F)(F)F)c1cc(SC(C=O)c2ccccc2)c(Cl)cc1F. The molecule has 0 radical (unpaired) electrons. The topological polar surface area (TPSA) is 54.5 Å². The Morgan fingerprint density at radius 3 is 2.26 bits per heavy atom. The van der Waals surface area contributed by atoms with Gasteiger partial charge in [0.2, 0.25) is 5.91 Å². The second kappa shape index (κ2) is 10.1. The Labute approximate surface area is 184 Å². The number of thioether (sulfide) groups is 1. The molecule has 2 rings (SSSR count). The second-order valence-corrected chi connectivity index (χ2v) is 7.93. The zero-order valence-electron chi connectivity index (χ0n) is 16.2. The van der Waals surface area contributed by atoms with Crippen molar-refractivity contribution in [1.29, 1.82) is 0 Å². The Morgan fingerprint density at radius 1 is 1.13 bits per heavy atom. The number of hydrogen-bond donors (Lipinski definition) is 0. The smallest absolute Gasteiger partial charge is 0.302 e. The molecule has 0 saturated carbocycles. The summed E-state index contributed by atoms with van der Waals surface area (Å²) in [6.07, 6.45) is -3.94. The molecule has 0 saturated heterocycles. The fraction of sp³-hybridized carbons (Fsp3) is 0.190. The van der Waals surface area contributed by atoms with E-state index in [0.29, 0.717) is 18.8 Å². The highest BCUT2D eigenvalue weighted by Gasteiger charge is 2.32. The van der Waals surface area contributed by atoms with Crippen molar-refractivity contribution < 1.29 is 31.9 Å². The van der Waals surface area contributed by atoms with Crippen molar-refractivity contribution in [3.63, 3.8) is 0 Å². The quantitative estimate of drug-likeness (QED) is 0.227. The number of halogens is 5. The lowest BCUT2D eigenvalue weighted by molar-refractivity contribution is -0.123. The highest BCUT2D eigenvalue weighted by atomic mass is 35.5. The average Bonchev–Trinajstić information content (AvgIpc) is 2.68. The second-order valence-electron chi connectivity index (χ2n) is 6.34. The number of carbonyl (C=O) groups is 3. The lowest BCUT2D eigenvalue weighted by atomic mass is 10.2. The molecule has 10 heteroatoms. The first-order chi connectivity index (χ1) is 14.5. The average molecular weight is 474 g/mol. The molecule has 2 aromatic rings. The van der Waals surface area contributed by atoms with E-state index in [1.165, 1.54) is 0 Å². The molecule has 0 aliphatic rings. The van der Waals surface area contributed by atoms with Crippen LogP contribution >= 0.6 is 23.4 Å². The Hall–Kier alpha value is -2.65. The number of rotatable bonds is 6. The molecule has 0 aromatic heterocycles. The summed E-state index contributed by atoms with van der Waals surface area (Å²) in [6.45, 7) is 1.57. The summed E-state index contributed by atoms with van der Waals surface area (Å²) in [5.74, 6) is -3.45. The number of amides is 2. The number of alkyl halides is 3. The zero-order chi connectivity index (χ0) is 23.3. The maximum absolute atomic E-state index is 14.6. The lowest BCUT2D eigenvalue weighted by Crippen LogP contribution is -2.35. The van der Waals surface area contributed by atoms with Crippen LogP contribution in [0.1, 0.15) is 24.7 Å². The van der Waals surface area contributed by atoms with Gasteiger partial charge in [0.15, 0.2) is 0 Å². The molecule has 1 unspecified atom stereocenters. The van der Waals surface area contributed by atoms with Crippen LogP contribution in [-0.2, 0) is 14.4 Å². The minimum absolute atomic E-state index is 0.0907. The highest BCUT2D eigenvalue weighted by Crippen LogP contribution is 2.40. The summed E-state index contributed by atoms with van der Waals surface area (Å²) in [6, 6.07) is 10.5. The molecule has 0 N–H and O–H groups in total. The van der Waals surface area contributed by atoms with E-state index in [1.807, 2.05) is 0 Å². The van der Waals surface area contributed by atoms with Gasteiger partial charge >= 0.3 is 6.18 Å². The summed E-state index contributed by atoms with van der Waals surface area (Å²) >= 11 is 7.01. The van der Waals surface area contributed by atoms with E-state index in [-0.39, 0.29) is 20.9 Å². The molecule has 0 heterocycles. The fourth-order valence-corrected chi connectivity index (χ4v) is 3.77. The van der Waals surface area contributed by atoms with Gasteiger partial charge in [0.05, 0.1) is 16.0 Å². The Bertz CT molecular complexity index is 1030. The maximum atomic E-state index is 14.6. The van der Waals surface area contributed by atoms with Crippen LogP contribution < -0.4 is 4.90 Å². The van der Waals surface area contributed by atoms with E-state index in [9.17, 15) is 31.9 Å². The van der Waals surface area contributed by atoms with Crippen LogP contribution in [-0.4, -0.2) is 24.3 Å². The van der Waals surface area contributed by atoms with Gasteiger partial charge in [0.25, 0.3) is 5.91 Å². The number of carbonyl (C=O) groups excluding carboxylic acids is 3. The normalized spacial score (nSPS) is 12.9. The predicted octanol–water partition coefficient (Wildman–Crippen LogP) is 5.90. The summed E-state index contributed by atoms with van der Waals surface area (Å²) in [5.41, 5.74) is -1.20. The van der Waals surface area contributed by atoms with Gasteiger partial charge in [-0.3, -0.25) is 9.59 Å². The molecule has 1 atom stereocenters. The molecule has 2 aromatic carbocycles. The molecule has 0 fully saturated rings. The molecule has 0 aliphatic carbocycles. The molecule has 0 aliphatic heterocycles. The van der Waals surface area contributed by atoms with Crippen molar-refractivity contribution in [2.24, 2.45) is 0 Å². The number of imide groups is 1. The van der Waals surface area contributed by atoms with E-state index in [2.05, 4.69) is 0 Å². The summed E-state index contributed by atoms with van der Waals surface area (Å²) in [7, 11) is 0. The minimum atomic E-state index is -4.79. The molecule has 2 amide bonds. The first kappa shape index (κ1) is 24.6. The van der Waals surface area contributed by atoms with Crippen molar-refractivity contribution in [2.75, 3.05) is 4.90 Å². The van der Waals surface area contributed by atoms with Gasteiger partial charge in [0.1, 0.15) is 12.1 Å². The number of nitrogens with zero attached hydrogens (tertiary/aromatic N) is 1. The third-order valence-electron chi connectivity index (χ3n) is 4.07. The van der Waals surface area contributed by atoms with E-state index >= 15 is 0 Å². The van der Waals surface area contributed by atoms with E-state index in [1.54, 1.807) is 30.3 Å². The Balaban J connectivity index is 2.49. The minimum Gasteiger partial charge on any atom is -0.302 e. The molecular weight excluding hydrogens is 458 g/mol. The lowest BCUT2D eigenvalue weighted by Gasteiger charge is -2.21. The molecule has 0 spiro atoms. The van der Waals surface area contributed by atoms with Crippen LogP contribution in [0.2, 0.25) is 5.02 Å². The number of allylic oxidation sites excluding steroid dienone is 1. The molecule has 4 nitrogen and oxygen atoms in total. The van der Waals surface area contributed by atoms with E-state index in [0.717, 1.165) is 30.8 Å². The van der Waals surface area contributed by atoms with Gasteiger partial charge in [-0.15, -0.1) is 11.8 Å². The van der Waals surface area contributed by atoms with Gasteiger partial charge in [-0.25, -0.2) is 9.29 Å². The summed E-state index contributed by atoms with van der Waals surface area (Å²) < 4.78 is 52.9. The van der Waals surface area contributed by atoms with E-state index < -0.39 is 40.3 Å². The molecule has 164 valence electrons. The van der Waals surface area contributed by atoms with Gasteiger partial charge in [-0.1, -0.05) is 41.9 Å². The van der Waals surface area contributed by atoms with Crippen LogP contribution in [0, 0.1) is 5.82 Å². The number of aldehydes is 1. The summed E-state index contributed by atoms with van der Waals surface area (Å²) in [5, 5.41) is -0.821. The van der Waals surface area contributed by atoms with Crippen molar-refractivity contribution in [3.8, 4) is 0 Å². The van der Waals surface area contributed by atoms with Crippen molar-refractivity contribution in [1.82, 2.24) is 0 Å². The first-order valence-electron chi connectivity index (χ1n) is 8.71. The Morgan fingerprint density at radius 2 is 1.74 bits per heavy atom. The Kier molecular flexibility index (Phi) is 8.02. The molecule has 0 bridgehead atoms. The predicted molar refractivity (Wildman–Crippen MR) is 110 cm³/mol. The van der Waals surface area contributed by atoms with Gasteiger partial charge < -0.3 is 4.79 Å².